The van der Waals surface area contributed by atoms with Crippen LogP contribution in [0.1, 0.15) is 18.9 Å². The fraction of sp³-hybridized carbons (Fsp3) is 0.562. The van der Waals surface area contributed by atoms with Gasteiger partial charge < -0.3 is 35.6 Å². The number of phenolic OH excluding ortho intramolecular Hbond substituents is 1. The van der Waals surface area contributed by atoms with E-state index in [2.05, 4.69) is 5.32 Å². The predicted molar refractivity (Wildman–Crippen MR) is 83.0 cm³/mol. The van der Waals surface area contributed by atoms with Gasteiger partial charge in [0.2, 0.25) is 5.91 Å². The molecule has 134 valence electrons. The Hall–Kier alpha value is -1.71. The molecule has 8 nitrogen and oxygen atoms in total. The van der Waals surface area contributed by atoms with Crippen LogP contribution in [0.5, 0.6) is 5.75 Å². The molecule has 0 saturated carbocycles. The van der Waals surface area contributed by atoms with E-state index in [9.17, 15) is 25.2 Å². The molecule has 8 heteroatoms. The van der Waals surface area contributed by atoms with Crippen molar-refractivity contribution in [3.8, 4) is 5.75 Å². The van der Waals surface area contributed by atoms with Gasteiger partial charge in [-0.05, 0) is 30.5 Å². The van der Waals surface area contributed by atoms with E-state index in [4.69, 9.17) is 9.84 Å². The van der Waals surface area contributed by atoms with Crippen molar-refractivity contribution < 1.29 is 35.1 Å². The van der Waals surface area contributed by atoms with Crippen LogP contribution in [0.25, 0.3) is 0 Å². The summed E-state index contributed by atoms with van der Waals surface area (Å²) >= 11 is 0. The van der Waals surface area contributed by atoms with Gasteiger partial charge in [-0.2, -0.15) is 0 Å². The minimum Gasteiger partial charge on any atom is -0.508 e. The smallest absolute Gasteiger partial charge is 0.217 e. The lowest BCUT2D eigenvalue weighted by Crippen LogP contribution is -2.73. The first-order valence-corrected chi connectivity index (χ1v) is 7.67. The number of ether oxygens (including phenoxy) is 1. The van der Waals surface area contributed by atoms with Gasteiger partial charge in [-0.25, -0.2) is 0 Å². The molecule has 1 aromatic rings. The minimum absolute atomic E-state index is 0.0783. The highest BCUT2D eigenvalue weighted by atomic mass is 16.6. The standard InChI is InChI=1S/C16H23NO7/c1-9(19)17-16(7-6-10-2-4-11(20)5-3-10)14(22)13(21)12(8-18)24-15(16)23/h2-5,12-15,18,20-23H,6-8H2,1H3,(H,17,19)/t12-,13+,14+,15+,16-/m1/s1. The largest absolute Gasteiger partial charge is 0.508 e. The van der Waals surface area contributed by atoms with Crippen LogP contribution in [0.4, 0.5) is 0 Å². The number of aliphatic hydroxyl groups excluding tert-OH is 4. The molecule has 0 unspecified atom stereocenters. The number of aryl methyl sites for hydroxylation is 1. The zero-order chi connectivity index (χ0) is 17.9. The molecule has 5 atom stereocenters. The van der Waals surface area contributed by atoms with Crippen LogP contribution in [-0.2, 0) is 16.0 Å². The molecule has 1 amide bonds. The van der Waals surface area contributed by atoms with Gasteiger partial charge in [-0.3, -0.25) is 4.79 Å². The average Bonchev–Trinajstić information content (AvgIpc) is 2.54. The molecule has 0 bridgehead atoms. The Balaban J connectivity index is 2.24. The third-order valence-corrected chi connectivity index (χ3v) is 4.33. The molecule has 0 aliphatic carbocycles. The maximum absolute atomic E-state index is 11.6. The number of rotatable bonds is 5. The van der Waals surface area contributed by atoms with Crippen molar-refractivity contribution in [2.24, 2.45) is 0 Å². The molecule has 2 rings (SSSR count). The highest BCUT2D eigenvalue weighted by Crippen LogP contribution is 2.33. The molecule has 1 fully saturated rings. The van der Waals surface area contributed by atoms with Crippen molar-refractivity contribution in [2.45, 2.75) is 49.9 Å². The molecule has 0 spiro atoms. The van der Waals surface area contributed by atoms with E-state index < -0.39 is 42.7 Å². The molecular formula is C16H23NO7. The first kappa shape index (κ1) is 18.6. The number of hydrogen-bond donors (Lipinski definition) is 6. The van der Waals surface area contributed by atoms with Crippen molar-refractivity contribution in [3.05, 3.63) is 29.8 Å². The summed E-state index contributed by atoms with van der Waals surface area (Å²) < 4.78 is 5.18. The second kappa shape index (κ2) is 7.45. The van der Waals surface area contributed by atoms with Crippen molar-refractivity contribution in [1.82, 2.24) is 5.32 Å². The van der Waals surface area contributed by atoms with Crippen LogP contribution in [0.15, 0.2) is 24.3 Å². The quantitative estimate of drug-likeness (QED) is 0.388. The SMILES string of the molecule is CC(=O)N[C@@]1(CCc2ccc(O)cc2)[C@@H](O)O[C@H](CO)[C@H](O)[C@@H]1O. The van der Waals surface area contributed by atoms with E-state index in [0.29, 0.717) is 6.42 Å². The van der Waals surface area contributed by atoms with E-state index in [0.717, 1.165) is 5.56 Å². The van der Waals surface area contributed by atoms with E-state index in [1.807, 2.05) is 0 Å². The number of amides is 1. The number of carbonyl (C=O) groups excluding carboxylic acids is 1. The van der Waals surface area contributed by atoms with Crippen molar-refractivity contribution in [3.63, 3.8) is 0 Å². The normalized spacial score (nSPS) is 33.2. The topological polar surface area (TPSA) is 139 Å². The van der Waals surface area contributed by atoms with Crippen LogP contribution in [0, 0.1) is 0 Å². The molecule has 1 aromatic carbocycles. The van der Waals surface area contributed by atoms with Crippen LogP contribution < -0.4 is 5.32 Å². The van der Waals surface area contributed by atoms with Crippen molar-refractivity contribution in [2.75, 3.05) is 6.61 Å². The minimum atomic E-state index is -1.62. The van der Waals surface area contributed by atoms with Gasteiger partial charge in [0.25, 0.3) is 0 Å². The summed E-state index contributed by atoms with van der Waals surface area (Å²) in [6, 6.07) is 6.35. The number of nitrogens with one attached hydrogen (secondary N) is 1. The number of benzene rings is 1. The maximum Gasteiger partial charge on any atom is 0.217 e. The molecule has 1 saturated heterocycles. The molecular weight excluding hydrogens is 318 g/mol. The van der Waals surface area contributed by atoms with Crippen LogP contribution in [0.3, 0.4) is 0 Å². The summed E-state index contributed by atoms with van der Waals surface area (Å²) in [5.74, 6) is -0.394. The fourth-order valence-corrected chi connectivity index (χ4v) is 2.98. The molecule has 1 aliphatic heterocycles. The van der Waals surface area contributed by atoms with Crippen LogP contribution in [0.2, 0.25) is 0 Å². The lowest BCUT2D eigenvalue weighted by Gasteiger charge is -2.49. The Morgan fingerprint density at radius 1 is 1.25 bits per heavy atom. The summed E-state index contributed by atoms with van der Waals surface area (Å²) in [7, 11) is 0. The summed E-state index contributed by atoms with van der Waals surface area (Å²) in [6.45, 7) is 0.648. The number of aromatic hydroxyl groups is 1. The maximum atomic E-state index is 11.6. The lowest BCUT2D eigenvalue weighted by atomic mass is 9.79. The zero-order valence-corrected chi connectivity index (χ0v) is 13.3. The third-order valence-electron chi connectivity index (χ3n) is 4.33. The number of hydrogen-bond acceptors (Lipinski definition) is 7. The highest BCUT2D eigenvalue weighted by molar-refractivity contribution is 5.74. The number of aliphatic hydroxyl groups is 4. The van der Waals surface area contributed by atoms with Gasteiger partial charge in [0.1, 0.15) is 29.6 Å². The van der Waals surface area contributed by atoms with E-state index >= 15 is 0 Å². The van der Waals surface area contributed by atoms with Crippen LogP contribution >= 0.6 is 0 Å². The molecule has 0 radical (unpaired) electrons. The van der Waals surface area contributed by atoms with Gasteiger partial charge in [0.15, 0.2) is 6.29 Å². The Kier molecular flexibility index (Phi) is 5.79. The molecule has 24 heavy (non-hydrogen) atoms. The second-order valence-electron chi connectivity index (χ2n) is 6.03. The zero-order valence-electron chi connectivity index (χ0n) is 13.3. The summed E-state index contributed by atoms with van der Waals surface area (Å²) in [5, 5.41) is 51.9. The number of phenols is 1. The highest BCUT2D eigenvalue weighted by Gasteiger charge is 2.55. The van der Waals surface area contributed by atoms with Crippen LogP contribution in [-0.4, -0.2) is 68.2 Å². The average molecular weight is 341 g/mol. The Morgan fingerprint density at radius 3 is 2.42 bits per heavy atom. The van der Waals surface area contributed by atoms with Gasteiger partial charge in [-0.15, -0.1) is 0 Å². The second-order valence-corrected chi connectivity index (χ2v) is 6.03. The van der Waals surface area contributed by atoms with Gasteiger partial charge in [0, 0.05) is 6.92 Å². The Bertz CT molecular complexity index is 564. The van der Waals surface area contributed by atoms with Gasteiger partial charge >= 0.3 is 0 Å². The molecule has 6 N–H and O–H groups in total. The van der Waals surface area contributed by atoms with E-state index in [-0.39, 0.29) is 12.2 Å². The summed E-state index contributed by atoms with van der Waals surface area (Å²) in [4.78, 5) is 11.6. The van der Waals surface area contributed by atoms with Gasteiger partial charge in [-0.1, -0.05) is 12.1 Å². The van der Waals surface area contributed by atoms with E-state index in [1.54, 1.807) is 12.1 Å². The van der Waals surface area contributed by atoms with Gasteiger partial charge in [0.05, 0.1) is 6.61 Å². The van der Waals surface area contributed by atoms with Crippen molar-refractivity contribution >= 4 is 5.91 Å². The Morgan fingerprint density at radius 2 is 1.88 bits per heavy atom. The molecule has 0 aromatic heterocycles. The van der Waals surface area contributed by atoms with E-state index in [1.165, 1.54) is 19.1 Å². The Labute approximate surface area is 139 Å². The lowest BCUT2D eigenvalue weighted by molar-refractivity contribution is -0.285. The monoisotopic (exact) mass is 341 g/mol. The third kappa shape index (κ3) is 3.68. The summed E-state index contributed by atoms with van der Waals surface area (Å²) in [6.07, 6.45) is -5.33. The fourth-order valence-electron chi connectivity index (χ4n) is 2.98. The molecule has 1 aliphatic rings. The first-order chi connectivity index (χ1) is 11.3. The van der Waals surface area contributed by atoms with Crippen molar-refractivity contribution in [1.29, 1.82) is 0 Å². The number of carbonyl (C=O) groups is 1. The first-order valence-electron chi connectivity index (χ1n) is 7.67. The summed E-state index contributed by atoms with van der Waals surface area (Å²) in [5.41, 5.74) is -0.815. The predicted octanol–water partition coefficient (Wildman–Crippen LogP) is -1.37. The molecule has 1 heterocycles.